The highest BCUT2D eigenvalue weighted by atomic mass is 35.5. The van der Waals surface area contributed by atoms with Crippen LogP contribution in [0, 0.1) is 12.3 Å². The summed E-state index contributed by atoms with van der Waals surface area (Å²) < 4.78 is 1.31. The molecule has 0 fully saturated rings. The number of nitrogens with zero attached hydrogens (tertiary/aromatic N) is 3. The van der Waals surface area contributed by atoms with E-state index in [-0.39, 0.29) is 18.2 Å². The highest BCUT2D eigenvalue weighted by Crippen LogP contribution is 2.27. The third-order valence-corrected chi connectivity index (χ3v) is 3.77. The van der Waals surface area contributed by atoms with E-state index in [1.807, 2.05) is 12.1 Å². The van der Waals surface area contributed by atoms with Crippen molar-refractivity contribution < 1.29 is 4.79 Å². The molecule has 0 unspecified atom stereocenters. The number of thioether (sulfide) groups is 1. The van der Waals surface area contributed by atoms with Crippen LogP contribution in [0.3, 0.4) is 0 Å². The van der Waals surface area contributed by atoms with Crippen LogP contribution in [-0.2, 0) is 4.79 Å². The largest absolute Gasteiger partial charge is 0.344 e. The molecule has 0 bridgehead atoms. The number of terminal acetylenes is 1. The van der Waals surface area contributed by atoms with E-state index in [4.69, 9.17) is 23.9 Å². The number of nitrogen functional groups attached to an aromatic ring is 1. The summed E-state index contributed by atoms with van der Waals surface area (Å²) in [6, 6.07) is 7.18. The Bertz CT molecular complexity index is 694. The van der Waals surface area contributed by atoms with Crippen LogP contribution in [0.4, 0.5) is 0 Å². The molecule has 8 heteroatoms. The van der Waals surface area contributed by atoms with Gasteiger partial charge in [0.25, 0.3) is 0 Å². The van der Waals surface area contributed by atoms with Gasteiger partial charge in [-0.1, -0.05) is 41.4 Å². The summed E-state index contributed by atoms with van der Waals surface area (Å²) in [5.41, 5.74) is 0.679. The van der Waals surface area contributed by atoms with E-state index in [9.17, 15) is 4.79 Å². The maximum absolute atomic E-state index is 11.5. The predicted molar refractivity (Wildman–Crippen MR) is 83.2 cm³/mol. The van der Waals surface area contributed by atoms with Crippen molar-refractivity contribution in [2.24, 2.45) is 0 Å². The minimum absolute atomic E-state index is 0.152. The zero-order valence-corrected chi connectivity index (χ0v) is 12.5. The van der Waals surface area contributed by atoms with Crippen LogP contribution in [0.25, 0.3) is 11.4 Å². The van der Waals surface area contributed by atoms with E-state index < -0.39 is 0 Å². The Hall–Kier alpha value is -2.17. The average Bonchev–Trinajstić information content (AvgIpc) is 2.84. The molecular formula is C13H12ClN5OS. The molecule has 6 nitrogen and oxygen atoms in total. The van der Waals surface area contributed by atoms with Crippen LogP contribution in [-0.4, -0.2) is 33.1 Å². The number of nitrogens with two attached hydrogens (primary N) is 1. The molecule has 0 saturated heterocycles. The lowest BCUT2D eigenvalue weighted by Crippen LogP contribution is -2.25. The minimum atomic E-state index is -0.194. The van der Waals surface area contributed by atoms with Crippen LogP contribution < -0.4 is 11.2 Å². The van der Waals surface area contributed by atoms with Gasteiger partial charge >= 0.3 is 0 Å². The fourth-order valence-corrected chi connectivity index (χ4v) is 2.44. The number of carbonyl (C=O) groups excluding carboxylic acids is 1. The normalized spacial score (nSPS) is 10.1. The molecule has 0 radical (unpaired) electrons. The summed E-state index contributed by atoms with van der Waals surface area (Å²) in [4.78, 5) is 11.5. The Morgan fingerprint density at radius 1 is 1.48 bits per heavy atom. The van der Waals surface area contributed by atoms with Gasteiger partial charge in [-0.2, -0.15) is 0 Å². The minimum Gasteiger partial charge on any atom is -0.344 e. The van der Waals surface area contributed by atoms with E-state index >= 15 is 0 Å². The zero-order chi connectivity index (χ0) is 15.2. The predicted octanol–water partition coefficient (Wildman–Crippen LogP) is 1.15. The molecule has 0 aliphatic rings. The highest BCUT2D eigenvalue weighted by molar-refractivity contribution is 7.99. The quantitative estimate of drug-likeness (QED) is 0.490. The van der Waals surface area contributed by atoms with Crippen molar-refractivity contribution in [1.29, 1.82) is 0 Å². The van der Waals surface area contributed by atoms with Crippen LogP contribution in [0.2, 0.25) is 5.02 Å². The fraction of sp³-hybridized carbons (Fsp3) is 0.154. The van der Waals surface area contributed by atoms with Crippen molar-refractivity contribution in [2.75, 3.05) is 18.1 Å². The molecule has 1 amide bonds. The van der Waals surface area contributed by atoms with Crippen LogP contribution in [0.15, 0.2) is 29.4 Å². The number of aromatic nitrogens is 3. The smallest absolute Gasteiger partial charge is 0.231 e. The zero-order valence-electron chi connectivity index (χ0n) is 10.9. The first-order valence-corrected chi connectivity index (χ1v) is 7.28. The van der Waals surface area contributed by atoms with Gasteiger partial charge in [-0.3, -0.25) is 4.79 Å². The lowest BCUT2D eigenvalue weighted by Gasteiger charge is -2.05. The maximum Gasteiger partial charge on any atom is 0.231 e. The number of rotatable bonds is 5. The highest BCUT2D eigenvalue weighted by Gasteiger charge is 2.15. The molecule has 1 aromatic heterocycles. The van der Waals surface area contributed by atoms with Gasteiger partial charge in [0.15, 0.2) is 5.82 Å². The van der Waals surface area contributed by atoms with E-state index in [2.05, 4.69) is 21.4 Å². The summed E-state index contributed by atoms with van der Waals surface area (Å²) in [6.45, 7) is 0.194. The summed E-state index contributed by atoms with van der Waals surface area (Å²) in [5, 5.41) is 11.5. The van der Waals surface area contributed by atoms with Crippen molar-refractivity contribution in [3.05, 3.63) is 29.3 Å². The van der Waals surface area contributed by atoms with Gasteiger partial charge in [-0.05, 0) is 12.1 Å². The van der Waals surface area contributed by atoms with Gasteiger partial charge in [-0.25, -0.2) is 4.68 Å². The fourth-order valence-electron chi connectivity index (χ4n) is 1.53. The number of hydrogen-bond donors (Lipinski definition) is 2. The van der Waals surface area contributed by atoms with Crippen molar-refractivity contribution in [3.63, 3.8) is 0 Å². The third kappa shape index (κ3) is 3.68. The number of halogens is 1. The summed E-state index contributed by atoms with van der Waals surface area (Å²) >= 11 is 7.27. The number of hydrogen-bond acceptors (Lipinski definition) is 5. The second kappa shape index (κ2) is 7.02. The Balaban J connectivity index is 2.10. The van der Waals surface area contributed by atoms with Crippen molar-refractivity contribution in [2.45, 2.75) is 5.16 Å². The lowest BCUT2D eigenvalue weighted by molar-refractivity contribution is -0.118. The molecule has 2 aromatic rings. The first kappa shape index (κ1) is 15.2. The van der Waals surface area contributed by atoms with Gasteiger partial charge in [-0.15, -0.1) is 16.6 Å². The number of carbonyl (C=O) groups is 1. The van der Waals surface area contributed by atoms with Crippen LogP contribution in [0.1, 0.15) is 0 Å². The van der Waals surface area contributed by atoms with Crippen molar-refractivity contribution in [1.82, 2.24) is 20.2 Å². The molecule has 21 heavy (non-hydrogen) atoms. The van der Waals surface area contributed by atoms with Crippen LogP contribution >= 0.6 is 23.4 Å². The number of nitrogens with one attached hydrogen (secondary N) is 1. The number of amides is 1. The summed E-state index contributed by atoms with van der Waals surface area (Å²) in [6.07, 6.45) is 5.06. The molecule has 1 heterocycles. The van der Waals surface area contributed by atoms with Crippen LogP contribution in [0.5, 0.6) is 0 Å². The third-order valence-electron chi connectivity index (χ3n) is 2.50. The summed E-state index contributed by atoms with van der Waals surface area (Å²) in [5.74, 6) is 8.66. The Kier molecular flexibility index (Phi) is 5.09. The standard InChI is InChI=1S/C13H12ClN5OS/c1-2-7-16-11(20)8-21-13-18-17-12(19(13)15)9-5-3-4-6-10(9)14/h1,3-6H,7-8,15H2,(H,16,20). The molecule has 1 aromatic carbocycles. The average molecular weight is 322 g/mol. The van der Waals surface area contributed by atoms with E-state index in [0.717, 1.165) is 0 Å². The Morgan fingerprint density at radius 3 is 2.95 bits per heavy atom. The monoisotopic (exact) mass is 321 g/mol. The van der Waals surface area contributed by atoms with Crippen molar-refractivity contribution in [3.8, 4) is 23.7 Å². The molecule has 0 aliphatic carbocycles. The topological polar surface area (TPSA) is 85.8 Å². The van der Waals surface area contributed by atoms with Gasteiger partial charge in [0.1, 0.15) is 0 Å². The molecule has 0 atom stereocenters. The van der Waals surface area contributed by atoms with Gasteiger partial charge in [0.2, 0.25) is 11.1 Å². The van der Waals surface area contributed by atoms with Gasteiger partial charge < -0.3 is 11.2 Å². The maximum atomic E-state index is 11.5. The first-order chi connectivity index (χ1) is 10.1. The number of benzene rings is 1. The molecule has 3 N–H and O–H groups in total. The molecular weight excluding hydrogens is 310 g/mol. The van der Waals surface area contributed by atoms with E-state index in [1.165, 1.54) is 16.4 Å². The van der Waals surface area contributed by atoms with E-state index in [0.29, 0.717) is 21.6 Å². The SMILES string of the molecule is C#CCNC(=O)CSc1nnc(-c2ccccc2Cl)n1N. The Labute approximate surface area is 131 Å². The van der Waals surface area contributed by atoms with Gasteiger partial charge in [0.05, 0.1) is 17.3 Å². The first-order valence-electron chi connectivity index (χ1n) is 5.92. The van der Waals surface area contributed by atoms with E-state index in [1.54, 1.807) is 12.1 Å². The lowest BCUT2D eigenvalue weighted by atomic mass is 10.2. The molecule has 2 rings (SSSR count). The second-order valence-corrected chi connectivity index (χ2v) is 5.28. The molecule has 0 aliphatic heterocycles. The molecule has 108 valence electrons. The molecule has 0 spiro atoms. The summed E-state index contributed by atoms with van der Waals surface area (Å²) in [7, 11) is 0. The van der Waals surface area contributed by atoms with Crippen molar-refractivity contribution >= 4 is 29.3 Å². The Morgan fingerprint density at radius 2 is 2.24 bits per heavy atom. The molecule has 0 saturated carbocycles. The van der Waals surface area contributed by atoms with Gasteiger partial charge in [0, 0.05) is 5.56 Å². The second-order valence-electron chi connectivity index (χ2n) is 3.93.